The molecule has 0 aliphatic carbocycles. The lowest BCUT2D eigenvalue weighted by Gasteiger charge is -2.21. The molecule has 0 radical (unpaired) electrons. The van der Waals surface area contributed by atoms with Gasteiger partial charge < -0.3 is 15.4 Å². The molecule has 0 saturated carbocycles. The quantitative estimate of drug-likeness (QED) is 0.802. The Labute approximate surface area is 89.6 Å². The molecule has 0 aliphatic rings. The summed E-state index contributed by atoms with van der Waals surface area (Å²) in [5.41, 5.74) is 6.17. The highest BCUT2D eigenvalue weighted by atomic mass is 19.1. The minimum absolute atomic E-state index is 0.0560. The van der Waals surface area contributed by atoms with E-state index in [0.717, 1.165) is 11.4 Å². The minimum Gasteiger partial charge on any atom is -0.497 e. The zero-order valence-corrected chi connectivity index (χ0v) is 9.11. The summed E-state index contributed by atoms with van der Waals surface area (Å²) in [4.78, 5) is 1.83. The number of methoxy groups -OCH3 is 1. The first kappa shape index (κ1) is 11.8. The van der Waals surface area contributed by atoms with Gasteiger partial charge in [-0.2, -0.15) is 0 Å². The fourth-order valence-electron chi connectivity index (χ4n) is 1.31. The first-order valence-electron chi connectivity index (χ1n) is 4.86. The van der Waals surface area contributed by atoms with Crippen molar-refractivity contribution in [2.24, 2.45) is 5.73 Å². The van der Waals surface area contributed by atoms with Crippen molar-refractivity contribution in [1.82, 2.24) is 0 Å². The summed E-state index contributed by atoms with van der Waals surface area (Å²) in [6, 6.07) is 7.48. The van der Waals surface area contributed by atoms with Crippen LogP contribution in [0.25, 0.3) is 0 Å². The van der Waals surface area contributed by atoms with Crippen LogP contribution in [0.15, 0.2) is 24.3 Å². The van der Waals surface area contributed by atoms with E-state index < -0.39 is 6.17 Å². The highest BCUT2D eigenvalue weighted by molar-refractivity contribution is 5.48. The molecule has 0 saturated heterocycles. The molecule has 2 N–H and O–H groups in total. The summed E-state index contributed by atoms with van der Waals surface area (Å²) >= 11 is 0. The Kier molecular flexibility index (Phi) is 4.37. The van der Waals surface area contributed by atoms with Crippen molar-refractivity contribution in [3.05, 3.63) is 24.3 Å². The van der Waals surface area contributed by atoms with Gasteiger partial charge in [0.1, 0.15) is 11.9 Å². The largest absolute Gasteiger partial charge is 0.497 e. The fourth-order valence-corrected chi connectivity index (χ4v) is 1.31. The Balaban J connectivity index is 2.61. The molecule has 1 rings (SSSR count). The summed E-state index contributed by atoms with van der Waals surface area (Å²) in [6.07, 6.45) is -0.989. The SMILES string of the molecule is COc1ccc(N(C)CC(F)CN)cc1. The van der Waals surface area contributed by atoms with Crippen LogP contribution in [0, 0.1) is 0 Å². The van der Waals surface area contributed by atoms with Crippen LogP contribution in [0.3, 0.4) is 0 Å². The highest BCUT2D eigenvalue weighted by Crippen LogP contribution is 2.18. The topological polar surface area (TPSA) is 38.5 Å². The maximum absolute atomic E-state index is 13.0. The summed E-state index contributed by atoms with van der Waals surface area (Å²) in [7, 11) is 3.45. The Morgan fingerprint density at radius 2 is 2.00 bits per heavy atom. The van der Waals surface area contributed by atoms with Crippen LogP contribution in [0.2, 0.25) is 0 Å². The fraction of sp³-hybridized carbons (Fsp3) is 0.455. The molecule has 0 aromatic heterocycles. The maximum Gasteiger partial charge on any atom is 0.130 e. The molecule has 0 aliphatic heterocycles. The number of anilines is 1. The number of nitrogens with zero attached hydrogens (tertiary/aromatic N) is 1. The molecule has 0 spiro atoms. The van der Waals surface area contributed by atoms with Crippen molar-refractivity contribution < 1.29 is 9.13 Å². The third-order valence-electron chi connectivity index (χ3n) is 2.24. The van der Waals surface area contributed by atoms with E-state index in [0.29, 0.717) is 6.54 Å². The van der Waals surface area contributed by atoms with Gasteiger partial charge in [0, 0.05) is 19.3 Å². The van der Waals surface area contributed by atoms with Gasteiger partial charge in [-0.05, 0) is 24.3 Å². The Bertz CT molecular complexity index is 289. The van der Waals surface area contributed by atoms with E-state index in [1.807, 2.05) is 36.2 Å². The van der Waals surface area contributed by atoms with Crippen LogP contribution in [-0.2, 0) is 0 Å². The number of halogens is 1. The van der Waals surface area contributed by atoms with Crippen LogP contribution < -0.4 is 15.4 Å². The van der Waals surface area contributed by atoms with E-state index in [4.69, 9.17) is 10.5 Å². The van der Waals surface area contributed by atoms with Crippen molar-refractivity contribution in [2.75, 3.05) is 32.1 Å². The van der Waals surface area contributed by atoms with E-state index in [1.165, 1.54) is 0 Å². The molecule has 0 fully saturated rings. The third kappa shape index (κ3) is 3.40. The average molecular weight is 212 g/mol. The van der Waals surface area contributed by atoms with Gasteiger partial charge in [-0.1, -0.05) is 0 Å². The number of alkyl halides is 1. The van der Waals surface area contributed by atoms with Crippen molar-refractivity contribution in [1.29, 1.82) is 0 Å². The Morgan fingerprint density at radius 3 is 2.47 bits per heavy atom. The molecule has 84 valence electrons. The van der Waals surface area contributed by atoms with Gasteiger partial charge in [-0.15, -0.1) is 0 Å². The van der Waals surface area contributed by atoms with Gasteiger partial charge in [0.2, 0.25) is 0 Å². The highest BCUT2D eigenvalue weighted by Gasteiger charge is 2.08. The lowest BCUT2D eigenvalue weighted by Crippen LogP contribution is -2.31. The molecule has 4 heteroatoms. The van der Waals surface area contributed by atoms with Gasteiger partial charge in [0.05, 0.1) is 13.7 Å². The number of nitrogens with two attached hydrogens (primary N) is 1. The van der Waals surface area contributed by atoms with Crippen LogP contribution in [0.1, 0.15) is 0 Å². The van der Waals surface area contributed by atoms with Gasteiger partial charge in [0.15, 0.2) is 0 Å². The number of rotatable bonds is 5. The maximum atomic E-state index is 13.0. The smallest absolute Gasteiger partial charge is 0.130 e. The molecule has 15 heavy (non-hydrogen) atoms. The molecule has 1 unspecified atom stereocenters. The van der Waals surface area contributed by atoms with E-state index in [-0.39, 0.29) is 6.54 Å². The van der Waals surface area contributed by atoms with Crippen LogP contribution in [-0.4, -0.2) is 33.4 Å². The van der Waals surface area contributed by atoms with Gasteiger partial charge >= 0.3 is 0 Å². The summed E-state index contributed by atoms with van der Waals surface area (Å²) in [5.74, 6) is 0.794. The molecular weight excluding hydrogens is 195 g/mol. The average Bonchev–Trinajstić information content (AvgIpc) is 2.29. The van der Waals surface area contributed by atoms with Gasteiger partial charge in [0.25, 0.3) is 0 Å². The molecule has 1 aromatic carbocycles. The molecule has 0 amide bonds. The van der Waals surface area contributed by atoms with Crippen LogP contribution in [0.4, 0.5) is 10.1 Å². The van der Waals surface area contributed by atoms with Gasteiger partial charge in [-0.25, -0.2) is 4.39 Å². The number of ether oxygens (including phenoxy) is 1. The van der Waals surface area contributed by atoms with Crippen molar-refractivity contribution in [3.8, 4) is 5.75 Å². The monoisotopic (exact) mass is 212 g/mol. The van der Waals surface area contributed by atoms with E-state index >= 15 is 0 Å². The van der Waals surface area contributed by atoms with Crippen molar-refractivity contribution in [3.63, 3.8) is 0 Å². The van der Waals surface area contributed by atoms with Gasteiger partial charge in [-0.3, -0.25) is 0 Å². The standard InChI is InChI=1S/C11H17FN2O/c1-14(8-9(12)7-13)10-3-5-11(15-2)6-4-10/h3-6,9H,7-8,13H2,1-2H3. The third-order valence-corrected chi connectivity index (χ3v) is 2.24. The summed E-state index contributed by atoms with van der Waals surface area (Å²) in [6.45, 7) is 0.364. The van der Waals surface area contributed by atoms with E-state index in [2.05, 4.69) is 0 Å². The molecule has 0 heterocycles. The van der Waals surface area contributed by atoms with Crippen molar-refractivity contribution in [2.45, 2.75) is 6.17 Å². The summed E-state index contributed by atoms with van der Waals surface area (Å²) in [5, 5.41) is 0. The van der Waals surface area contributed by atoms with Crippen molar-refractivity contribution >= 4 is 5.69 Å². The van der Waals surface area contributed by atoms with Crippen LogP contribution >= 0.6 is 0 Å². The van der Waals surface area contributed by atoms with Crippen LogP contribution in [0.5, 0.6) is 5.75 Å². The zero-order chi connectivity index (χ0) is 11.3. The molecular formula is C11H17FN2O. The second kappa shape index (κ2) is 5.56. The Morgan fingerprint density at radius 1 is 1.40 bits per heavy atom. The van der Waals surface area contributed by atoms with E-state index in [1.54, 1.807) is 7.11 Å². The zero-order valence-electron chi connectivity index (χ0n) is 9.11. The second-order valence-corrected chi connectivity index (χ2v) is 3.41. The number of benzene rings is 1. The number of hydrogen-bond donors (Lipinski definition) is 1. The normalized spacial score (nSPS) is 12.3. The summed E-state index contributed by atoms with van der Waals surface area (Å²) < 4.78 is 18.1. The Hall–Kier alpha value is -1.29. The first-order valence-corrected chi connectivity index (χ1v) is 4.86. The molecule has 1 atom stereocenters. The first-order chi connectivity index (χ1) is 7.17. The minimum atomic E-state index is -0.989. The predicted molar refractivity (Wildman–Crippen MR) is 60.2 cm³/mol. The molecule has 0 bridgehead atoms. The molecule has 1 aromatic rings. The second-order valence-electron chi connectivity index (χ2n) is 3.41. The predicted octanol–water partition coefficient (Wildman–Crippen LogP) is 1.43. The van der Waals surface area contributed by atoms with E-state index in [9.17, 15) is 4.39 Å². The molecule has 3 nitrogen and oxygen atoms in total. The lowest BCUT2D eigenvalue weighted by molar-refractivity contribution is 0.346. The lowest BCUT2D eigenvalue weighted by atomic mass is 10.2. The number of hydrogen-bond acceptors (Lipinski definition) is 3.